The molecule has 0 atom stereocenters. The predicted molar refractivity (Wildman–Crippen MR) is 65.0 cm³/mol. The third kappa shape index (κ3) is 3.36. The predicted octanol–water partition coefficient (Wildman–Crippen LogP) is 2.12. The topological polar surface area (TPSA) is 93.5 Å². The first-order chi connectivity index (χ1) is 8.11. The minimum Gasteiger partial charge on any atom is -0.476 e. The summed E-state index contributed by atoms with van der Waals surface area (Å²) in [5.74, 6) is -1.28. The van der Waals surface area contributed by atoms with E-state index in [4.69, 9.17) is 21.4 Å². The summed E-state index contributed by atoms with van der Waals surface area (Å²) in [6.07, 6.45) is -0.751. The maximum absolute atomic E-state index is 11.5. The minimum atomic E-state index is -1.23. The molecule has 0 aromatic carbocycles. The first-order valence-electron chi connectivity index (χ1n) is 5.07. The molecule has 1 aromatic heterocycles. The van der Waals surface area contributed by atoms with Gasteiger partial charge in [-0.1, -0.05) is 11.6 Å². The molecule has 7 nitrogen and oxygen atoms in total. The van der Waals surface area contributed by atoms with Gasteiger partial charge in [-0.25, -0.2) is 9.59 Å². The van der Waals surface area contributed by atoms with E-state index < -0.39 is 17.7 Å². The highest BCUT2D eigenvalue weighted by molar-refractivity contribution is 6.36. The zero-order valence-electron chi connectivity index (χ0n) is 10.4. The highest BCUT2D eigenvalue weighted by atomic mass is 35.5. The van der Waals surface area contributed by atoms with E-state index in [9.17, 15) is 9.59 Å². The average molecular weight is 276 g/mol. The van der Waals surface area contributed by atoms with Crippen molar-refractivity contribution in [1.82, 2.24) is 9.78 Å². The van der Waals surface area contributed by atoms with Crippen LogP contribution in [-0.2, 0) is 11.8 Å². The third-order valence-corrected chi connectivity index (χ3v) is 2.17. The Morgan fingerprint density at radius 2 is 2.00 bits per heavy atom. The lowest BCUT2D eigenvalue weighted by atomic mass is 10.2. The van der Waals surface area contributed by atoms with Gasteiger partial charge in [0.25, 0.3) is 0 Å². The maximum atomic E-state index is 11.5. The Hall–Kier alpha value is -1.76. The number of carbonyl (C=O) groups is 2. The highest BCUT2D eigenvalue weighted by Crippen LogP contribution is 2.25. The third-order valence-electron chi connectivity index (χ3n) is 1.81. The molecular weight excluding hydrogens is 262 g/mol. The van der Waals surface area contributed by atoms with E-state index in [1.54, 1.807) is 20.8 Å². The molecule has 0 aliphatic carbocycles. The van der Waals surface area contributed by atoms with Crippen molar-refractivity contribution in [1.29, 1.82) is 0 Å². The Bertz CT molecular complexity index is 490. The Morgan fingerprint density at radius 3 is 2.39 bits per heavy atom. The smallest absolute Gasteiger partial charge is 0.413 e. The standard InChI is InChI=1S/C10H14ClN3O4/c1-10(2,3)18-9(17)12-7-5(11)6(8(15)16)14(4)13-7/h1-4H3,(H,15,16)(H,12,13,17). The monoisotopic (exact) mass is 275 g/mol. The second-order valence-corrected chi connectivity index (χ2v) is 4.94. The molecule has 0 aliphatic heterocycles. The number of rotatable bonds is 2. The molecule has 0 spiro atoms. The van der Waals surface area contributed by atoms with Crippen LogP contribution < -0.4 is 5.32 Å². The molecule has 1 rings (SSSR count). The maximum Gasteiger partial charge on any atom is 0.413 e. The molecule has 1 amide bonds. The van der Waals surface area contributed by atoms with Crippen LogP contribution >= 0.6 is 11.6 Å². The van der Waals surface area contributed by atoms with Crippen LogP contribution in [0.3, 0.4) is 0 Å². The number of aromatic carboxylic acids is 1. The minimum absolute atomic E-state index is 0.0502. The van der Waals surface area contributed by atoms with Crippen molar-refractivity contribution in [3.8, 4) is 0 Å². The molecular formula is C10H14ClN3O4. The summed E-state index contributed by atoms with van der Waals surface area (Å²) in [7, 11) is 1.41. The molecule has 100 valence electrons. The van der Waals surface area contributed by atoms with E-state index in [0.29, 0.717) is 0 Å². The summed E-state index contributed by atoms with van der Waals surface area (Å²) in [5.41, 5.74) is -0.872. The summed E-state index contributed by atoms with van der Waals surface area (Å²) in [4.78, 5) is 22.4. The summed E-state index contributed by atoms with van der Waals surface area (Å²) < 4.78 is 6.07. The van der Waals surface area contributed by atoms with Gasteiger partial charge in [0.1, 0.15) is 10.6 Å². The quantitative estimate of drug-likeness (QED) is 0.862. The number of aromatic nitrogens is 2. The van der Waals surface area contributed by atoms with Gasteiger partial charge in [-0.3, -0.25) is 10.00 Å². The highest BCUT2D eigenvalue weighted by Gasteiger charge is 2.23. The van der Waals surface area contributed by atoms with E-state index in [-0.39, 0.29) is 16.5 Å². The Balaban J connectivity index is 2.90. The van der Waals surface area contributed by atoms with Crippen molar-refractivity contribution in [3.05, 3.63) is 10.7 Å². The number of ether oxygens (including phenoxy) is 1. The molecule has 1 heterocycles. The molecule has 0 saturated carbocycles. The van der Waals surface area contributed by atoms with Gasteiger partial charge in [0.15, 0.2) is 11.5 Å². The number of hydrogen-bond acceptors (Lipinski definition) is 4. The fourth-order valence-electron chi connectivity index (χ4n) is 1.21. The number of nitrogens with zero attached hydrogens (tertiary/aromatic N) is 2. The Kier molecular flexibility index (Phi) is 3.85. The SMILES string of the molecule is Cn1nc(NC(=O)OC(C)(C)C)c(Cl)c1C(=O)O. The fraction of sp³-hybridized carbons (Fsp3) is 0.500. The molecule has 0 unspecified atom stereocenters. The Labute approximate surface area is 109 Å². The van der Waals surface area contributed by atoms with Crippen molar-refractivity contribution in [2.45, 2.75) is 26.4 Å². The zero-order chi connectivity index (χ0) is 14.1. The molecule has 0 bridgehead atoms. The second-order valence-electron chi connectivity index (χ2n) is 4.57. The number of carboxylic acids is 1. The fourth-order valence-corrected chi connectivity index (χ4v) is 1.50. The van der Waals surface area contributed by atoms with Crippen LogP contribution in [0.25, 0.3) is 0 Å². The number of halogens is 1. The van der Waals surface area contributed by atoms with Crippen molar-refractivity contribution < 1.29 is 19.4 Å². The molecule has 8 heteroatoms. The number of carboxylic acid groups (broad SMARTS) is 1. The van der Waals surface area contributed by atoms with Crippen LogP contribution in [0.5, 0.6) is 0 Å². The number of hydrogen-bond donors (Lipinski definition) is 2. The van der Waals surface area contributed by atoms with Crippen molar-refractivity contribution >= 4 is 29.5 Å². The van der Waals surface area contributed by atoms with E-state index in [0.717, 1.165) is 4.68 Å². The van der Waals surface area contributed by atoms with Crippen molar-refractivity contribution in [2.75, 3.05) is 5.32 Å². The molecule has 2 N–H and O–H groups in total. The first kappa shape index (κ1) is 14.3. The Morgan fingerprint density at radius 1 is 1.44 bits per heavy atom. The first-order valence-corrected chi connectivity index (χ1v) is 5.45. The lowest BCUT2D eigenvalue weighted by Gasteiger charge is -2.19. The van der Waals surface area contributed by atoms with Crippen LogP contribution in [-0.4, -0.2) is 32.6 Å². The van der Waals surface area contributed by atoms with Crippen LogP contribution in [0.1, 0.15) is 31.3 Å². The molecule has 0 aliphatic rings. The summed E-state index contributed by atoms with van der Waals surface area (Å²) in [6, 6.07) is 0. The van der Waals surface area contributed by atoms with Crippen LogP contribution in [0.15, 0.2) is 0 Å². The number of anilines is 1. The van der Waals surface area contributed by atoms with Crippen LogP contribution in [0.4, 0.5) is 10.6 Å². The van der Waals surface area contributed by atoms with Gasteiger partial charge in [0, 0.05) is 7.05 Å². The largest absolute Gasteiger partial charge is 0.476 e. The van der Waals surface area contributed by atoms with Crippen molar-refractivity contribution in [2.24, 2.45) is 7.05 Å². The van der Waals surface area contributed by atoms with Gasteiger partial charge in [0.2, 0.25) is 0 Å². The molecule has 0 saturated heterocycles. The van der Waals surface area contributed by atoms with Gasteiger partial charge in [-0.2, -0.15) is 5.10 Å². The van der Waals surface area contributed by atoms with E-state index in [1.807, 2.05) is 0 Å². The van der Waals surface area contributed by atoms with Crippen molar-refractivity contribution in [3.63, 3.8) is 0 Å². The number of amides is 1. The lowest BCUT2D eigenvalue weighted by molar-refractivity contribution is 0.0632. The molecule has 1 aromatic rings. The second kappa shape index (κ2) is 4.85. The van der Waals surface area contributed by atoms with Gasteiger partial charge in [-0.05, 0) is 20.8 Å². The number of aryl methyl sites for hydroxylation is 1. The number of nitrogens with one attached hydrogen (secondary N) is 1. The zero-order valence-corrected chi connectivity index (χ0v) is 11.2. The molecule has 18 heavy (non-hydrogen) atoms. The van der Waals surface area contributed by atoms with Gasteiger partial charge >= 0.3 is 12.1 Å². The van der Waals surface area contributed by atoms with Gasteiger partial charge in [0.05, 0.1) is 0 Å². The van der Waals surface area contributed by atoms with Gasteiger partial charge < -0.3 is 9.84 Å². The summed E-state index contributed by atoms with van der Waals surface area (Å²) in [5, 5.41) is 14.8. The van der Waals surface area contributed by atoms with Crippen LogP contribution in [0, 0.1) is 0 Å². The number of carbonyl (C=O) groups excluding carboxylic acids is 1. The molecule has 0 fully saturated rings. The van der Waals surface area contributed by atoms with Gasteiger partial charge in [-0.15, -0.1) is 0 Å². The average Bonchev–Trinajstić information content (AvgIpc) is 2.37. The normalized spacial score (nSPS) is 11.2. The summed E-state index contributed by atoms with van der Waals surface area (Å²) >= 11 is 5.81. The van der Waals surface area contributed by atoms with Crippen LogP contribution in [0.2, 0.25) is 5.02 Å². The van der Waals surface area contributed by atoms with E-state index >= 15 is 0 Å². The molecule has 0 radical (unpaired) electrons. The van der Waals surface area contributed by atoms with E-state index in [2.05, 4.69) is 10.4 Å². The lowest BCUT2D eigenvalue weighted by Crippen LogP contribution is -2.27. The van der Waals surface area contributed by atoms with E-state index in [1.165, 1.54) is 7.05 Å². The summed E-state index contributed by atoms with van der Waals surface area (Å²) in [6.45, 7) is 5.11.